The van der Waals surface area contributed by atoms with Crippen LogP contribution in [0.15, 0.2) is 0 Å². The Balaban J connectivity index is 3.06. The minimum absolute atomic E-state index is 0.563. The quantitative estimate of drug-likeness (QED) is 0.551. The van der Waals surface area contributed by atoms with Gasteiger partial charge in [-0.15, -0.1) is 0 Å². The summed E-state index contributed by atoms with van der Waals surface area (Å²) in [5.74, 6) is 0.648. The highest BCUT2D eigenvalue weighted by Crippen LogP contribution is 2.10. The predicted molar refractivity (Wildman–Crippen MR) is 39.3 cm³/mol. The maximum absolute atomic E-state index is 12.5. The monoisotopic (exact) mass is 132 g/mol. The van der Waals surface area contributed by atoms with E-state index < -0.39 is 6.17 Å². The van der Waals surface area contributed by atoms with Crippen LogP contribution in [0.5, 0.6) is 0 Å². The predicted octanol–water partition coefficient (Wildman–Crippen LogP) is 3.17. The zero-order chi connectivity index (χ0) is 7.28. The summed E-state index contributed by atoms with van der Waals surface area (Å²) in [6, 6.07) is 0. The molecule has 0 nitrogen and oxygen atoms in total. The van der Waals surface area contributed by atoms with Crippen LogP contribution in [-0.2, 0) is 0 Å². The van der Waals surface area contributed by atoms with E-state index in [1.54, 1.807) is 0 Å². The smallest absolute Gasteiger partial charge is 0.0999 e. The highest BCUT2D eigenvalue weighted by atomic mass is 19.1. The molecule has 1 atom stereocenters. The van der Waals surface area contributed by atoms with Crippen molar-refractivity contribution in [3.63, 3.8) is 0 Å². The first-order valence-corrected chi connectivity index (χ1v) is 3.80. The summed E-state index contributed by atoms with van der Waals surface area (Å²) in [6.45, 7) is 6.15. The van der Waals surface area contributed by atoms with Gasteiger partial charge in [-0.25, -0.2) is 4.39 Å². The van der Waals surface area contributed by atoms with Crippen molar-refractivity contribution in [2.45, 2.75) is 46.2 Å². The molecule has 0 aliphatic rings. The first-order chi connectivity index (χ1) is 4.16. The Kier molecular flexibility index (Phi) is 4.74. The summed E-state index contributed by atoms with van der Waals surface area (Å²) in [7, 11) is 0. The van der Waals surface area contributed by atoms with Crippen LogP contribution in [0.2, 0.25) is 0 Å². The van der Waals surface area contributed by atoms with Crippen molar-refractivity contribution in [3.8, 4) is 0 Å². The largest absolute Gasteiger partial charge is 0.248 e. The van der Waals surface area contributed by atoms with Crippen molar-refractivity contribution >= 4 is 0 Å². The van der Waals surface area contributed by atoms with E-state index in [0.29, 0.717) is 12.3 Å². The molecule has 0 spiro atoms. The maximum atomic E-state index is 12.5. The lowest BCUT2D eigenvalue weighted by molar-refractivity contribution is 0.287. The highest BCUT2D eigenvalue weighted by Gasteiger charge is 2.03. The second-order valence-corrected chi connectivity index (χ2v) is 2.98. The molecule has 0 saturated heterocycles. The van der Waals surface area contributed by atoms with E-state index >= 15 is 0 Å². The van der Waals surface area contributed by atoms with Crippen LogP contribution in [0.25, 0.3) is 0 Å². The lowest BCUT2D eigenvalue weighted by Crippen LogP contribution is -1.99. The third-order valence-electron chi connectivity index (χ3n) is 1.50. The maximum Gasteiger partial charge on any atom is 0.0999 e. The molecule has 0 aromatic heterocycles. The first kappa shape index (κ1) is 8.93. The number of hydrogen-bond donors (Lipinski definition) is 0. The van der Waals surface area contributed by atoms with E-state index in [9.17, 15) is 4.39 Å². The van der Waals surface area contributed by atoms with E-state index in [1.165, 1.54) is 0 Å². The molecule has 1 heteroatoms. The molecule has 0 bridgehead atoms. The van der Waals surface area contributed by atoms with E-state index in [2.05, 4.69) is 13.8 Å². The van der Waals surface area contributed by atoms with E-state index in [-0.39, 0.29) is 0 Å². The molecule has 56 valence electrons. The lowest BCUT2D eigenvalue weighted by atomic mass is 10.0. The number of rotatable bonds is 4. The molecule has 0 heterocycles. The summed E-state index contributed by atoms with van der Waals surface area (Å²) < 4.78 is 12.5. The summed E-state index contributed by atoms with van der Waals surface area (Å²) in [5, 5.41) is 0. The van der Waals surface area contributed by atoms with Crippen LogP contribution in [0, 0.1) is 5.92 Å². The Morgan fingerprint density at radius 2 is 1.78 bits per heavy atom. The molecule has 9 heavy (non-hydrogen) atoms. The molecule has 0 radical (unpaired) electrons. The van der Waals surface area contributed by atoms with Gasteiger partial charge in [0.2, 0.25) is 0 Å². The zero-order valence-electron chi connectivity index (χ0n) is 6.65. The van der Waals surface area contributed by atoms with Gasteiger partial charge in [-0.1, -0.05) is 20.8 Å². The van der Waals surface area contributed by atoms with E-state index in [1.807, 2.05) is 6.92 Å². The van der Waals surface area contributed by atoms with Crippen LogP contribution in [-0.4, -0.2) is 6.17 Å². The van der Waals surface area contributed by atoms with Crippen LogP contribution < -0.4 is 0 Å². The standard InChI is InChI=1S/C8H17F/c1-4-8(9)6-5-7(2)3/h7-8H,4-6H2,1-3H3/t8-/m0/s1. The van der Waals surface area contributed by atoms with Gasteiger partial charge >= 0.3 is 0 Å². The second kappa shape index (κ2) is 4.78. The molecule has 0 aliphatic carbocycles. The van der Waals surface area contributed by atoms with Crippen molar-refractivity contribution in [1.82, 2.24) is 0 Å². The summed E-state index contributed by atoms with van der Waals surface area (Å²) in [5.41, 5.74) is 0. The number of hydrogen-bond acceptors (Lipinski definition) is 0. The Bertz CT molecular complexity index is 59.6. The van der Waals surface area contributed by atoms with Gasteiger partial charge in [-0.3, -0.25) is 0 Å². The van der Waals surface area contributed by atoms with Crippen LogP contribution in [0.4, 0.5) is 4.39 Å². The van der Waals surface area contributed by atoms with Gasteiger partial charge < -0.3 is 0 Å². The van der Waals surface area contributed by atoms with Crippen molar-refractivity contribution in [2.75, 3.05) is 0 Å². The fraction of sp³-hybridized carbons (Fsp3) is 1.00. The average Bonchev–Trinajstić information content (AvgIpc) is 1.83. The molecular weight excluding hydrogens is 115 g/mol. The SMILES string of the molecule is CC[C@H](F)CCC(C)C. The average molecular weight is 132 g/mol. The van der Waals surface area contributed by atoms with Gasteiger partial charge in [0.15, 0.2) is 0 Å². The van der Waals surface area contributed by atoms with Gasteiger partial charge in [0.1, 0.15) is 0 Å². The fourth-order valence-corrected chi connectivity index (χ4v) is 0.718. The molecule has 0 aromatic rings. The van der Waals surface area contributed by atoms with Gasteiger partial charge in [0.05, 0.1) is 6.17 Å². The normalized spacial score (nSPS) is 14.3. The molecule has 0 fully saturated rings. The third-order valence-corrected chi connectivity index (χ3v) is 1.50. The Hall–Kier alpha value is -0.0700. The topological polar surface area (TPSA) is 0 Å². The minimum atomic E-state index is -0.563. The van der Waals surface area contributed by atoms with Crippen molar-refractivity contribution in [2.24, 2.45) is 5.92 Å². The summed E-state index contributed by atoms with van der Waals surface area (Å²) in [4.78, 5) is 0. The highest BCUT2D eigenvalue weighted by molar-refractivity contribution is 4.54. The first-order valence-electron chi connectivity index (χ1n) is 3.80. The summed E-state index contributed by atoms with van der Waals surface area (Å²) in [6.07, 6.45) is 1.88. The number of alkyl halides is 1. The summed E-state index contributed by atoms with van der Waals surface area (Å²) >= 11 is 0. The van der Waals surface area contributed by atoms with Gasteiger partial charge in [0.25, 0.3) is 0 Å². The van der Waals surface area contributed by atoms with Gasteiger partial charge in [-0.05, 0) is 25.2 Å². The second-order valence-electron chi connectivity index (χ2n) is 2.98. The van der Waals surface area contributed by atoms with Crippen molar-refractivity contribution in [1.29, 1.82) is 0 Å². The molecule has 0 aromatic carbocycles. The van der Waals surface area contributed by atoms with E-state index in [0.717, 1.165) is 12.8 Å². The molecule has 0 amide bonds. The number of halogens is 1. The van der Waals surface area contributed by atoms with Crippen LogP contribution >= 0.6 is 0 Å². The molecule has 0 unspecified atom stereocenters. The third kappa shape index (κ3) is 5.81. The van der Waals surface area contributed by atoms with Crippen molar-refractivity contribution in [3.05, 3.63) is 0 Å². The molecule has 0 rings (SSSR count). The molecule has 0 saturated carbocycles. The van der Waals surface area contributed by atoms with Crippen LogP contribution in [0.3, 0.4) is 0 Å². The van der Waals surface area contributed by atoms with Gasteiger partial charge in [-0.2, -0.15) is 0 Å². The Labute approximate surface area is 57.5 Å². The van der Waals surface area contributed by atoms with Crippen LogP contribution in [0.1, 0.15) is 40.0 Å². The zero-order valence-corrected chi connectivity index (χ0v) is 6.65. The molecule has 0 N–H and O–H groups in total. The molecule has 0 aliphatic heterocycles. The van der Waals surface area contributed by atoms with Gasteiger partial charge in [0, 0.05) is 0 Å². The fourth-order valence-electron chi connectivity index (χ4n) is 0.718. The Morgan fingerprint density at radius 3 is 2.11 bits per heavy atom. The lowest BCUT2D eigenvalue weighted by Gasteiger charge is -2.06. The van der Waals surface area contributed by atoms with E-state index in [4.69, 9.17) is 0 Å². The van der Waals surface area contributed by atoms with Crippen molar-refractivity contribution < 1.29 is 4.39 Å². The minimum Gasteiger partial charge on any atom is -0.248 e. The molecular formula is C8H17F. The Morgan fingerprint density at radius 1 is 1.22 bits per heavy atom.